The second-order valence-electron chi connectivity index (χ2n) is 5.22. The zero-order chi connectivity index (χ0) is 14.3. The Bertz CT molecular complexity index is 681. The summed E-state index contributed by atoms with van der Waals surface area (Å²) in [6.07, 6.45) is 2.09. The Morgan fingerprint density at radius 3 is 2.75 bits per heavy atom. The standard InChI is InChI=1S/C15H16O4S/c1-8-6-11(17)14(15(18)19-8)13(9-2-3-9)12-5-4-10(7-16)20-12/h4-6,9,13,16-17H,2-3,7H2,1H3. The minimum absolute atomic E-state index is 0.00343. The molecular weight excluding hydrogens is 276 g/mol. The van der Waals surface area contributed by atoms with E-state index in [-0.39, 0.29) is 18.3 Å². The van der Waals surface area contributed by atoms with Gasteiger partial charge in [0.25, 0.3) is 0 Å². The van der Waals surface area contributed by atoms with Gasteiger partial charge in [0, 0.05) is 21.7 Å². The molecule has 3 rings (SSSR count). The van der Waals surface area contributed by atoms with E-state index in [2.05, 4.69) is 0 Å². The molecule has 2 heterocycles. The Balaban J connectivity index is 2.10. The molecule has 0 aliphatic heterocycles. The van der Waals surface area contributed by atoms with Crippen molar-refractivity contribution in [1.29, 1.82) is 0 Å². The van der Waals surface area contributed by atoms with Crippen LogP contribution < -0.4 is 5.63 Å². The van der Waals surface area contributed by atoms with Crippen molar-refractivity contribution in [3.63, 3.8) is 0 Å². The molecule has 2 aromatic rings. The average Bonchev–Trinajstić information content (AvgIpc) is 3.10. The van der Waals surface area contributed by atoms with E-state index in [4.69, 9.17) is 4.42 Å². The Morgan fingerprint density at radius 1 is 1.45 bits per heavy atom. The van der Waals surface area contributed by atoms with Crippen LogP contribution in [0.15, 0.2) is 27.4 Å². The van der Waals surface area contributed by atoms with Gasteiger partial charge in [-0.15, -0.1) is 11.3 Å². The van der Waals surface area contributed by atoms with Crippen molar-refractivity contribution >= 4 is 11.3 Å². The lowest BCUT2D eigenvalue weighted by atomic mass is 9.93. The van der Waals surface area contributed by atoms with E-state index in [0.29, 0.717) is 17.2 Å². The first kappa shape index (κ1) is 13.4. The highest BCUT2D eigenvalue weighted by Gasteiger charge is 2.38. The summed E-state index contributed by atoms with van der Waals surface area (Å²) in [4.78, 5) is 14.0. The highest BCUT2D eigenvalue weighted by Crippen LogP contribution is 2.49. The summed E-state index contributed by atoms with van der Waals surface area (Å²) in [6, 6.07) is 5.28. The van der Waals surface area contributed by atoms with Gasteiger partial charge in [-0.05, 0) is 37.8 Å². The van der Waals surface area contributed by atoms with Crippen LogP contribution in [0.25, 0.3) is 0 Å². The summed E-state index contributed by atoms with van der Waals surface area (Å²) in [5.41, 5.74) is -0.109. The lowest BCUT2D eigenvalue weighted by Gasteiger charge is -2.15. The second-order valence-corrected chi connectivity index (χ2v) is 6.42. The van der Waals surface area contributed by atoms with E-state index in [1.807, 2.05) is 12.1 Å². The second kappa shape index (κ2) is 5.07. The summed E-state index contributed by atoms with van der Waals surface area (Å²) in [5.74, 6) is 0.663. The molecule has 2 aromatic heterocycles. The summed E-state index contributed by atoms with van der Waals surface area (Å²) in [7, 11) is 0. The number of hydrogen-bond donors (Lipinski definition) is 2. The summed E-state index contributed by atoms with van der Waals surface area (Å²) >= 11 is 1.48. The Hall–Kier alpha value is -1.59. The van der Waals surface area contributed by atoms with E-state index in [9.17, 15) is 15.0 Å². The third kappa shape index (κ3) is 2.39. The van der Waals surface area contributed by atoms with Crippen molar-refractivity contribution in [2.45, 2.75) is 32.3 Å². The summed E-state index contributed by atoms with van der Waals surface area (Å²) in [5, 5.41) is 19.3. The number of aromatic hydroxyl groups is 1. The molecule has 0 bridgehead atoms. The quantitative estimate of drug-likeness (QED) is 0.909. The maximum atomic E-state index is 12.1. The van der Waals surface area contributed by atoms with Gasteiger partial charge in [-0.25, -0.2) is 4.79 Å². The SMILES string of the molecule is Cc1cc(O)c(C(c2ccc(CO)s2)C2CC2)c(=O)o1. The van der Waals surface area contributed by atoms with Gasteiger partial charge in [-0.2, -0.15) is 0 Å². The molecule has 1 unspecified atom stereocenters. The van der Waals surface area contributed by atoms with Crippen LogP contribution in [0.5, 0.6) is 5.75 Å². The van der Waals surface area contributed by atoms with Crippen molar-refractivity contribution < 1.29 is 14.6 Å². The van der Waals surface area contributed by atoms with Gasteiger partial charge in [0.05, 0.1) is 12.2 Å². The van der Waals surface area contributed by atoms with Crippen LogP contribution in [0.2, 0.25) is 0 Å². The number of thiophene rings is 1. The molecule has 0 saturated heterocycles. The molecule has 5 heteroatoms. The number of aryl methyl sites for hydroxylation is 1. The molecule has 20 heavy (non-hydrogen) atoms. The van der Waals surface area contributed by atoms with Crippen LogP contribution >= 0.6 is 11.3 Å². The highest BCUT2D eigenvalue weighted by atomic mass is 32.1. The Kier molecular flexibility index (Phi) is 3.40. The fourth-order valence-corrected chi connectivity index (χ4v) is 3.65. The Morgan fingerprint density at radius 2 is 2.20 bits per heavy atom. The lowest BCUT2D eigenvalue weighted by Crippen LogP contribution is -2.15. The molecule has 106 valence electrons. The molecule has 0 spiro atoms. The third-order valence-corrected chi connectivity index (χ3v) is 4.79. The molecular formula is C15H16O4S. The van der Waals surface area contributed by atoms with Gasteiger partial charge >= 0.3 is 5.63 Å². The van der Waals surface area contributed by atoms with E-state index < -0.39 is 5.63 Å². The number of aliphatic hydroxyl groups is 1. The van der Waals surface area contributed by atoms with Crippen molar-refractivity contribution in [3.05, 3.63) is 49.7 Å². The van der Waals surface area contributed by atoms with Crippen molar-refractivity contribution in [2.24, 2.45) is 5.92 Å². The van der Waals surface area contributed by atoms with Crippen LogP contribution in [0.3, 0.4) is 0 Å². The molecule has 1 aliphatic rings. The summed E-state index contributed by atoms with van der Waals surface area (Å²) < 4.78 is 5.14. The molecule has 1 fully saturated rings. The van der Waals surface area contributed by atoms with Crippen LogP contribution in [-0.2, 0) is 6.61 Å². The molecule has 0 amide bonds. The monoisotopic (exact) mass is 292 g/mol. The third-order valence-electron chi connectivity index (χ3n) is 3.64. The zero-order valence-electron chi connectivity index (χ0n) is 11.1. The van der Waals surface area contributed by atoms with Crippen LogP contribution in [0.4, 0.5) is 0 Å². The number of aliphatic hydroxyl groups excluding tert-OH is 1. The molecule has 0 aromatic carbocycles. The summed E-state index contributed by atoms with van der Waals surface area (Å²) in [6.45, 7) is 1.64. The fraction of sp³-hybridized carbons (Fsp3) is 0.400. The predicted octanol–water partition coefficient (Wildman–Crippen LogP) is 2.75. The van der Waals surface area contributed by atoms with Gasteiger partial charge in [-0.3, -0.25) is 0 Å². The lowest BCUT2D eigenvalue weighted by molar-refractivity contribution is 0.285. The first-order valence-corrected chi connectivity index (χ1v) is 7.45. The fourth-order valence-electron chi connectivity index (χ4n) is 2.58. The topological polar surface area (TPSA) is 70.7 Å². The van der Waals surface area contributed by atoms with E-state index in [1.54, 1.807) is 6.92 Å². The minimum atomic E-state index is -0.460. The minimum Gasteiger partial charge on any atom is -0.507 e. The molecule has 0 radical (unpaired) electrons. The van der Waals surface area contributed by atoms with Crippen LogP contribution in [0.1, 0.15) is 39.8 Å². The molecule has 4 nitrogen and oxygen atoms in total. The van der Waals surface area contributed by atoms with E-state index in [0.717, 1.165) is 22.6 Å². The smallest absolute Gasteiger partial charge is 0.343 e. The normalized spacial score (nSPS) is 16.3. The van der Waals surface area contributed by atoms with Crippen molar-refractivity contribution in [3.8, 4) is 5.75 Å². The van der Waals surface area contributed by atoms with Gasteiger partial charge in [-0.1, -0.05) is 0 Å². The maximum absolute atomic E-state index is 12.1. The highest BCUT2D eigenvalue weighted by molar-refractivity contribution is 7.12. The Labute approximate surface area is 120 Å². The van der Waals surface area contributed by atoms with Crippen LogP contribution in [-0.4, -0.2) is 10.2 Å². The predicted molar refractivity (Wildman–Crippen MR) is 76.2 cm³/mol. The maximum Gasteiger partial charge on any atom is 0.343 e. The molecule has 1 saturated carbocycles. The first-order valence-electron chi connectivity index (χ1n) is 6.63. The van der Waals surface area contributed by atoms with Gasteiger partial charge < -0.3 is 14.6 Å². The molecule has 1 aliphatic carbocycles. The first-order chi connectivity index (χ1) is 9.60. The van der Waals surface area contributed by atoms with Crippen molar-refractivity contribution in [2.75, 3.05) is 0 Å². The number of hydrogen-bond acceptors (Lipinski definition) is 5. The van der Waals surface area contributed by atoms with Crippen LogP contribution in [0, 0.1) is 12.8 Å². The van der Waals surface area contributed by atoms with Crippen molar-refractivity contribution in [1.82, 2.24) is 0 Å². The van der Waals surface area contributed by atoms with E-state index >= 15 is 0 Å². The largest absolute Gasteiger partial charge is 0.507 e. The van der Waals surface area contributed by atoms with Gasteiger partial charge in [0.1, 0.15) is 11.5 Å². The van der Waals surface area contributed by atoms with Gasteiger partial charge in [0.15, 0.2) is 0 Å². The van der Waals surface area contributed by atoms with E-state index in [1.165, 1.54) is 17.4 Å². The molecule has 2 N–H and O–H groups in total. The average molecular weight is 292 g/mol. The number of rotatable bonds is 4. The zero-order valence-corrected chi connectivity index (χ0v) is 11.9. The molecule has 1 atom stereocenters. The van der Waals surface area contributed by atoms with Gasteiger partial charge in [0.2, 0.25) is 0 Å².